The third kappa shape index (κ3) is 30.0. The third-order valence-corrected chi connectivity index (χ3v) is 9.08. The van der Waals surface area contributed by atoms with E-state index in [0.29, 0.717) is 19.3 Å². The number of carbonyl (C=O) groups is 2. The molecule has 3 N–H and O–H groups in total. The number of ether oxygens (including phenoxy) is 1. The van der Waals surface area contributed by atoms with E-state index >= 15 is 0 Å². The van der Waals surface area contributed by atoms with Gasteiger partial charge in [0.1, 0.15) is 6.10 Å². The molecule has 0 aliphatic rings. The molecule has 0 radical (unpaired) electrons. The second kappa shape index (κ2) is 34.9. The number of nitrogens with one attached hydrogen (secondary N) is 1. The number of aliphatic hydroxyl groups is 2. The van der Waals surface area contributed by atoms with Crippen LogP contribution < -0.4 is 5.32 Å². The molecule has 46 heavy (non-hydrogen) atoms. The molecule has 0 aliphatic carbocycles. The van der Waals surface area contributed by atoms with Crippen LogP contribution in [0.25, 0.3) is 0 Å². The molecule has 0 aromatic carbocycles. The maximum Gasteiger partial charge on any atom is 0.306 e. The van der Waals surface area contributed by atoms with E-state index in [0.717, 1.165) is 64.2 Å². The molecule has 0 aliphatic heterocycles. The highest BCUT2D eigenvalue weighted by Gasteiger charge is 2.24. The van der Waals surface area contributed by atoms with Crippen molar-refractivity contribution < 1.29 is 24.5 Å². The van der Waals surface area contributed by atoms with Crippen molar-refractivity contribution in [2.45, 2.75) is 225 Å². The first-order valence-electron chi connectivity index (χ1n) is 19.9. The summed E-state index contributed by atoms with van der Waals surface area (Å²) in [5, 5.41) is 23.4. The first-order chi connectivity index (χ1) is 22.5. The minimum atomic E-state index is -0.778. The van der Waals surface area contributed by atoms with Gasteiger partial charge in [-0.2, -0.15) is 0 Å². The Kier molecular flexibility index (Phi) is 33.9. The molecule has 0 fully saturated rings. The molecular formula is C40H77NO5. The lowest BCUT2D eigenvalue weighted by Gasteiger charge is -2.24. The summed E-state index contributed by atoms with van der Waals surface area (Å²) in [5.41, 5.74) is 0. The van der Waals surface area contributed by atoms with Gasteiger partial charge in [-0.05, 0) is 44.9 Å². The molecule has 272 valence electrons. The van der Waals surface area contributed by atoms with Gasteiger partial charge in [-0.3, -0.25) is 9.59 Å². The maximum atomic E-state index is 13.0. The van der Waals surface area contributed by atoms with Crippen LogP contribution in [0.4, 0.5) is 0 Å². The Morgan fingerprint density at radius 2 is 1.09 bits per heavy atom. The smallest absolute Gasteiger partial charge is 0.306 e. The zero-order valence-corrected chi connectivity index (χ0v) is 30.7. The van der Waals surface area contributed by atoms with Crippen LogP contribution in [-0.4, -0.2) is 46.9 Å². The van der Waals surface area contributed by atoms with Crippen molar-refractivity contribution in [1.29, 1.82) is 0 Å². The third-order valence-electron chi connectivity index (χ3n) is 9.08. The number of rotatable bonds is 35. The topological polar surface area (TPSA) is 95.9 Å². The van der Waals surface area contributed by atoms with Crippen molar-refractivity contribution in [3.63, 3.8) is 0 Å². The summed E-state index contributed by atoms with van der Waals surface area (Å²) in [4.78, 5) is 25.7. The van der Waals surface area contributed by atoms with Gasteiger partial charge in [0.25, 0.3) is 0 Å². The Bertz CT molecular complexity index is 697. The quantitative estimate of drug-likeness (QED) is 0.0360. The molecule has 0 spiro atoms. The van der Waals surface area contributed by atoms with Crippen LogP contribution in [-0.2, 0) is 14.3 Å². The van der Waals surface area contributed by atoms with E-state index in [2.05, 4.69) is 38.2 Å². The fourth-order valence-corrected chi connectivity index (χ4v) is 6.02. The molecule has 0 bridgehead atoms. The van der Waals surface area contributed by atoms with Crippen LogP contribution >= 0.6 is 0 Å². The normalized spacial score (nSPS) is 13.6. The fourth-order valence-electron chi connectivity index (χ4n) is 6.02. The zero-order valence-electron chi connectivity index (χ0n) is 30.7. The van der Waals surface area contributed by atoms with E-state index in [9.17, 15) is 19.8 Å². The number of aliphatic hydroxyl groups excluding tert-OH is 2. The molecule has 3 atom stereocenters. The van der Waals surface area contributed by atoms with Gasteiger partial charge in [0.2, 0.25) is 5.91 Å². The number of carbonyl (C=O) groups excluding carboxylic acids is 2. The molecule has 1 amide bonds. The predicted molar refractivity (Wildman–Crippen MR) is 195 cm³/mol. The monoisotopic (exact) mass is 652 g/mol. The van der Waals surface area contributed by atoms with Crippen LogP contribution in [0.15, 0.2) is 12.2 Å². The van der Waals surface area contributed by atoms with Gasteiger partial charge in [0, 0.05) is 6.42 Å². The standard InChI is InChI=1S/C40H77NO5/c1-4-7-10-13-16-19-21-24-27-30-33-40(45)46-36(31-28-25-22-18-15-12-9-6-3)34-39(44)41-37(35-42)38(43)32-29-26-23-20-17-14-11-8-5-2/h10,13,36-38,42-43H,4-9,11-12,14-35H2,1-3H3,(H,41,44)/b13-10-. The second-order valence-corrected chi connectivity index (χ2v) is 13.7. The number of esters is 1. The van der Waals surface area contributed by atoms with Crippen LogP contribution in [0.1, 0.15) is 207 Å². The first kappa shape index (κ1) is 44.6. The lowest BCUT2D eigenvalue weighted by molar-refractivity contribution is -0.151. The summed E-state index contributed by atoms with van der Waals surface area (Å²) >= 11 is 0. The Morgan fingerprint density at radius 3 is 1.63 bits per heavy atom. The van der Waals surface area contributed by atoms with Crippen molar-refractivity contribution in [2.75, 3.05) is 6.61 Å². The molecule has 6 nitrogen and oxygen atoms in total. The van der Waals surface area contributed by atoms with Gasteiger partial charge < -0.3 is 20.3 Å². The number of unbranched alkanes of at least 4 members (excludes halogenated alkanes) is 21. The molecule has 0 aromatic rings. The van der Waals surface area contributed by atoms with E-state index in [1.54, 1.807) is 0 Å². The van der Waals surface area contributed by atoms with Crippen LogP contribution in [0.3, 0.4) is 0 Å². The molecule has 0 heterocycles. The number of hydrogen-bond acceptors (Lipinski definition) is 5. The zero-order chi connectivity index (χ0) is 33.9. The molecule has 0 rings (SSSR count). The van der Waals surface area contributed by atoms with Crippen molar-refractivity contribution in [2.24, 2.45) is 0 Å². The van der Waals surface area contributed by atoms with Crippen LogP contribution in [0.2, 0.25) is 0 Å². The first-order valence-corrected chi connectivity index (χ1v) is 19.9. The second-order valence-electron chi connectivity index (χ2n) is 13.7. The summed E-state index contributed by atoms with van der Waals surface area (Å²) in [7, 11) is 0. The Hall–Kier alpha value is -1.40. The molecule has 0 aromatic heterocycles. The summed E-state index contributed by atoms with van der Waals surface area (Å²) < 4.78 is 5.84. The highest BCUT2D eigenvalue weighted by molar-refractivity contribution is 5.77. The van der Waals surface area contributed by atoms with E-state index in [-0.39, 0.29) is 24.9 Å². The van der Waals surface area contributed by atoms with Crippen molar-refractivity contribution in [3.8, 4) is 0 Å². The highest BCUT2D eigenvalue weighted by Crippen LogP contribution is 2.17. The summed E-state index contributed by atoms with van der Waals surface area (Å²) in [6, 6.07) is -0.692. The van der Waals surface area contributed by atoms with E-state index < -0.39 is 18.2 Å². The highest BCUT2D eigenvalue weighted by atomic mass is 16.5. The average molecular weight is 652 g/mol. The number of hydrogen-bond donors (Lipinski definition) is 3. The largest absolute Gasteiger partial charge is 0.462 e. The number of amides is 1. The molecule has 6 heteroatoms. The maximum absolute atomic E-state index is 13.0. The van der Waals surface area contributed by atoms with Gasteiger partial charge in [-0.15, -0.1) is 0 Å². The van der Waals surface area contributed by atoms with Gasteiger partial charge >= 0.3 is 5.97 Å². The van der Waals surface area contributed by atoms with Crippen LogP contribution in [0, 0.1) is 0 Å². The summed E-state index contributed by atoms with van der Waals surface area (Å²) in [6.07, 6.45) is 34.2. The van der Waals surface area contributed by atoms with Gasteiger partial charge in [-0.25, -0.2) is 0 Å². The average Bonchev–Trinajstić information content (AvgIpc) is 3.04. The van der Waals surface area contributed by atoms with E-state index in [1.807, 2.05) is 0 Å². The predicted octanol–water partition coefficient (Wildman–Crippen LogP) is 10.7. The molecule has 3 unspecified atom stereocenters. The Labute approximate surface area is 285 Å². The Morgan fingerprint density at radius 1 is 0.609 bits per heavy atom. The van der Waals surface area contributed by atoms with Crippen LogP contribution in [0.5, 0.6) is 0 Å². The minimum Gasteiger partial charge on any atom is -0.462 e. The van der Waals surface area contributed by atoms with E-state index in [4.69, 9.17) is 4.74 Å². The van der Waals surface area contributed by atoms with Gasteiger partial charge in [0.15, 0.2) is 0 Å². The van der Waals surface area contributed by atoms with E-state index in [1.165, 1.54) is 96.3 Å². The Balaban J connectivity index is 4.56. The van der Waals surface area contributed by atoms with Crippen molar-refractivity contribution in [3.05, 3.63) is 12.2 Å². The lowest BCUT2D eigenvalue weighted by atomic mass is 10.0. The summed E-state index contributed by atoms with van der Waals surface area (Å²) in [5.74, 6) is -0.487. The fraction of sp³-hybridized carbons (Fsp3) is 0.900. The SMILES string of the molecule is CCC/C=C\CCCCCCCC(=O)OC(CCCCCCCCCC)CC(=O)NC(CO)C(O)CCCCCCCCCCC. The van der Waals surface area contributed by atoms with Gasteiger partial charge in [-0.1, -0.05) is 161 Å². The minimum absolute atomic E-state index is 0.0784. The van der Waals surface area contributed by atoms with Crippen molar-refractivity contribution >= 4 is 11.9 Å². The van der Waals surface area contributed by atoms with Gasteiger partial charge in [0.05, 0.1) is 25.2 Å². The summed E-state index contributed by atoms with van der Waals surface area (Å²) in [6.45, 7) is 6.36. The molecular weight excluding hydrogens is 574 g/mol. The lowest BCUT2D eigenvalue weighted by Crippen LogP contribution is -2.46. The van der Waals surface area contributed by atoms with Crippen molar-refractivity contribution in [1.82, 2.24) is 5.32 Å². The number of allylic oxidation sites excluding steroid dienone is 2. The molecule has 0 saturated carbocycles. The molecule has 0 saturated heterocycles.